The van der Waals surface area contributed by atoms with E-state index in [0.29, 0.717) is 52.5 Å². The predicted molar refractivity (Wildman–Crippen MR) is 260 cm³/mol. The summed E-state index contributed by atoms with van der Waals surface area (Å²) >= 11 is 0. The molecule has 0 aromatic heterocycles. The fourth-order valence-corrected chi connectivity index (χ4v) is 10.5. The van der Waals surface area contributed by atoms with Gasteiger partial charge in [0, 0.05) is 56.2 Å². The van der Waals surface area contributed by atoms with Gasteiger partial charge in [-0.2, -0.15) is 0 Å². The van der Waals surface area contributed by atoms with Gasteiger partial charge in [-0.25, -0.2) is 9.59 Å². The maximum atomic E-state index is 12.9. The van der Waals surface area contributed by atoms with Gasteiger partial charge in [0.2, 0.25) is 0 Å². The lowest BCUT2D eigenvalue weighted by Gasteiger charge is -2.46. The average Bonchev–Trinajstić information content (AvgIpc) is 3.34. The number of quaternary nitrogens is 2. The first-order valence-electron chi connectivity index (χ1n) is 23.3. The van der Waals surface area contributed by atoms with Gasteiger partial charge in [0.05, 0.1) is 116 Å². The van der Waals surface area contributed by atoms with Crippen LogP contribution >= 0.6 is 0 Å². The molecule has 0 aliphatic carbocycles. The zero-order valence-corrected chi connectivity index (χ0v) is 42.2. The van der Waals surface area contributed by atoms with Crippen LogP contribution in [0.5, 0.6) is 46.0 Å². The van der Waals surface area contributed by atoms with E-state index in [2.05, 4.69) is 50.5 Å². The Labute approximate surface area is 402 Å². The SMILES string of the molecule is COc1ccc(CC2c3c(cc(C)c(OC)c3OC)CC[N+]2(C)CCCOC(=O)/C=C\C(=O)OCCC[N+]2(C)CCc3cc(OC)c(OC)cc3C2Cc2cc(C)c(OC)c(OC)c2)cc1OC. The number of ether oxygens (including phenoxy) is 10. The van der Waals surface area contributed by atoms with Crippen LogP contribution in [0.15, 0.2) is 60.7 Å². The van der Waals surface area contributed by atoms with Crippen molar-refractivity contribution in [3.8, 4) is 46.0 Å². The molecule has 0 saturated carbocycles. The van der Waals surface area contributed by atoms with Gasteiger partial charge >= 0.3 is 11.9 Å². The topological polar surface area (TPSA) is 126 Å². The smallest absolute Gasteiger partial charge is 0.331 e. The van der Waals surface area contributed by atoms with Crippen LogP contribution in [0.25, 0.3) is 0 Å². The molecule has 2 heterocycles. The van der Waals surface area contributed by atoms with Gasteiger partial charge < -0.3 is 56.3 Å². The third-order valence-electron chi connectivity index (χ3n) is 14.1. The van der Waals surface area contributed by atoms with E-state index in [4.69, 9.17) is 47.4 Å². The Balaban J connectivity index is 1.06. The number of hydrogen-bond donors (Lipinski definition) is 0. The lowest BCUT2D eigenvalue weighted by molar-refractivity contribution is -0.941. The summed E-state index contributed by atoms with van der Waals surface area (Å²) in [5, 5.41) is 0. The minimum Gasteiger partial charge on any atom is -0.493 e. The van der Waals surface area contributed by atoms with Crippen molar-refractivity contribution in [1.82, 2.24) is 0 Å². The normalized spacial score (nSPS) is 19.6. The number of carbonyl (C=O) groups excluding carboxylic acids is 2. The van der Waals surface area contributed by atoms with Gasteiger partial charge in [-0.3, -0.25) is 0 Å². The number of hydrogen-bond acceptors (Lipinski definition) is 12. The highest BCUT2D eigenvalue weighted by molar-refractivity contribution is 5.91. The van der Waals surface area contributed by atoms with Crippen molar-refractivity contribution in [3.05, 3.63) is 105 Å². The van der Waals surface area contributed by atoms with Gasteiger partial charge in [-0.15, -0.1) is 0 Å². The maximum Gasteiger partial charge on any atom is 0.331 e. The van der Waals surface area contributed by atoms with E-state index in [1.54, 1.807) is 56.9 Å². The molecule has 0 radical (unpaired) electrons. The molecular weight excluding hydrogens is 869 g/mol. The molecule has 2 aliphatic heterocycles. The highest BCUT2D eigenvalue weighted by Gasteiger charge is 2.43. The molecular formula is C54H72N2O12+2. The Kier molecular flexibility index (Phi) is 17.2. The highest BCUT2D eigenvalue weighted by atomic mass is 16.5. The van der Waals surface area contributed by atoms with E-state index in [1.807, 2.05) is 26.0 Å². The summed E-state index contributed by atoms with van der Waals surface area (Å²) in [5.41, 5.74) is 9.04. The summed E-state index contributed by atoms with van der Waals surface area (Å²) in [6.45, 7) is 7.71. The quantitative estimate of drug-likeness (QED) is 0.0328. The van der Waals surface area contributed by atoms with Crippen LogP contribution in [0.4, 0.5) is 0 Å². The molecule has 0 bridgehead atoms. The molecule has 0 N–H and O–H groups in total. The number of benzene rings is 4. The second kappa shape index (κ2) is 22.8. The Morgan fingerprint density at radius 2 is 1.03 bits per heavy atom. The number of methoxy groups -OCH3 is 8. The molecule has 0 saturated heterocycles. The maximum absolute atomic E-state index is 12.9. The third-order valence-corrected chi connectivity index (χ3v) is 14.1. The second-order valence-corrected chi connectivity index (χ2v) is 18.2. The molecule has 368 valence electrons. The van der Waals surface area contributed by atoms with E-state index in [-0.39, 0.29) is 25.3 Å². The summed E-state index contributed by atoms with van der Waals surface area (Å²) in [6, 6.07) is 16.7. The van der Waals surface area contributed by atoms with Gasteiger partial charge in [0.1, 0.15) is 12.1 Å². The summed E-state index contributed by atoms with van der Waals surface area (Å²) in [4.78, 5) is 25.8. The largest absolute Gasteiger partial charge is 0.493 e. The Bertz CT molecular complexity index is 2450. The Morgan fingerprint density at radius 1 is 0.529 bits per heavy atom. The lowest BCUT2D eigenvalue weighted by Crippen LogP contribution is -2.53. The summed E-state index contributed by atoms with van der Waals surface area (Å²) in [5.74, 6) is 4.44. The van der Waals surface area contributed by atoms with Crippen molar-refractivity contribution in [2.75, 3.05) is 110 Å². The fourth-order valence-electron chi connectivity index (χ4n) is 10.5. The van der Waals surface area contributed by atoms with Crippen molar-refractivity contribution >= 4 is 11.9 Å². The van der Waals surface area contributed by atoms with Gasteiger partial charge in [-0.05, 0) is 77.6 Å². The van der Waals surface area contributed by atoms with Crippen LogP contribution in [0.3, 0.4) is 0 Å². The molecule has 4 aromatic rings. The molecule has 4 unspecified atom stereocenters. The molecule has 0 spiro atoms. The fraction of sp³-hybridized carbons (Fsp3) is 0.481. The number of carbonyl (C=O) groups is 2. The number of aryl methyl sites for hydroxylation is 2. The molecule has 6 rings (SSSR count). The second-order valence-electron chi connectivity index (χ2n) is 18.2. The van der Waals surface area contributed by atoms with E-state index in [1.165, 1.54) is 16.7 Å². The first-order chi connectivity index (χ1) is 32.7. The highest BCUT2D eigenvalue weighted by Crippen LogP contribution is 2.48. The Morgan fingerprint density at radius 3 is 1.60 bits per heavy atom. The minimum atomic E-state index is -0.595. The van der Waals surface area contributed by atoms with E-state index in [9.17, 15) is 9.59 Å². The van der Waals surface area contributed by atoms with E-state index < -0.39 is 11.9 Å². The van der Waals surface area contributed by atoms with Crippen molar-refractivity contribution in [2.45, 2.75) is 64.5 Å². The molecule has 14 nitrogen and oxygen atoms in total. The molecule has 2 aliphatic rings. The van der Waals surface area contributed by atoms with Crippen molar-refractivity contribution in [2.24, 2.45) is 0 Å². The zero-order valence-electron chi connectivity index (χ0n) is 42.2. The predicted octanol–water partition coefficient (Wildman–Crippen LogP) is 8.07. The van der Waals surface area contributed by atoms with E-state index >= 15 is 0 Å². The van der Waals surface area contributed by atoms with Crippen LogP contribution in [-0.4, -0.2) is 131 Å². The molecule has 4 atom stereocenters. The van der Waals surface area contributed by atoms with Crippen LogP contribution in [0.2, 0.25) is 0 Å². The standard InChI is InChI=1S/C54H72N2O12/c1-35-27-38(32-48(63-9)52(35)64-10)30-42-41-34-47(62-8)46(61-7)33-39(41)19-23-55(42,3)21-13-25-67-49(57)17-18-50(58)68-26-14-22-56(4)24-20-40-28-36(2)53(65-11)54(66-12)51(40)43(56)29-37-15-16-44(59-5)45(31-37)60-6/h15-18,27-28,31-34,42-43H,13-14,19-26,29-30H2,1-12H3/q+2/b18-17-. The van der Waals surface area contributed by atoms with Crippen molar-refractivity contribution in [3.63, 3.8) is 0 Å². The summed E-state index contributed by atoms with van der Waals surface area (Å²) in [6.07, 6.45) is 6.68. The minimum absolute atomic E-state index is 0.00217. The number of fused-ring (bicyclic) bond motifs is 2. The van der Waals surface area contributed by atoms with Crippen LogP contribution < -0.4 is 37.9 Å². The number of likely N-dealkylation sites (N-methyl/N-ethyl adjacent to an activating group) is 2. The van der Waals surface area contributed by atoms with Crippen LogP contribution in [-0.2, 0) is 44.7 Å². The van der Waals surface area contributed by atoms with Crippen LogP contribution in [0.1, 0.15) is 69.4 Å². The van der Waals surface area contributed by atoms with E-state index in [0.717, 1.165) is 107 Å². The van der Waals surface area contributed by atoms with Gasteiger partial charge in [0.15, 0.2) is 46.0 Å². The van der Waals surface area contributed by atoms with Crippen molar-refractivity contribution < 1.29 is 65.9 Å². The molecule has 4 aromatic carbocycles. The number of rotatable bonds is 22. The van der Waals surface area contributed by atoms with Gasteiger partial charge in [0.25, 0.3) is 0 Å². The first kappa shape index (κ1) is 51.3. The summed E-state index contributed by atoms with van der Waals surface area (Å²) < 4.78 is 58.6. The monoisotopic (exact) mass is 941 g/mol. The average molecular weight is 941 g/mol. The molecule has 68 heavy (non-hydrogen) atoms. The zero-order chi connectivity index (χ0) is 49.2. The van der Waals surface area contributed by atoms with Crippen molar-refractivity contribution in [1.29, 1.82) is 0 Å². The third kappa shape index (κ3) is 11.2. The molecule has 14 heteroatoms. The first-order valence-corrected chi connectivity index (χ1v) is 23.3. The van der Waals surface area contributed by atoms with Gasteiger partial charge in [-0.1, -0.05) is 18.2 Å². The number of esters is 2. The summed E-state index contributed by atoms with van der Waals surface area (Å²) in [7, 11) is 17.8. The lowest BCUT2D eigenvalue weighted by atomic mass is 9.84. The number of nitrogens with zero attached hydrogens (tertiary/aromatic N) is 2. The van der Waals surface area contributed by atoms with Crippen LogP contribution in [0, 0.1) is 13.8 Å². The molecule has 0 amide bonds. The Hall–Kier alpha value is -6.12. The molecule has 0 fully saturated rings.